The summed E-state index contributed by atoms with van der Waals surface area (Å²) < 4.78 is 1.86. The van der Waals surface area contributed by atoms with E-state index < -0.39 is 0 Å². The quantitative estimate of drug-likeness (QED) is 0.651. The van der Waals surface area contributed by atoms with Crippen LogP contribution in [0.25, 0.3) is 5.82 Å². The molecule has 0 aromatic carbocycles. The van der Waals surface area contributed by atoms with Gasteiger partial charge in [-0.3, -0.25) is 0 Å². The first-order chi connectivity index (χ1) is 8.97. The molecule has 0 aliphatic heterocycles. The van der Waals surface area contributed by atoms with Gasteiger partial charge in [0.25, 0.3) is 0 Å². The summed E-state index contributed by atoms with van der Waals surface area (Å²) >= 11 is 0. The second-order valence-corrected chi connectivity index (χ2v) is 4.97. The zero-order valence-electron chi connectivity index (χ0n) is 12.0. The van der Waals surface area contributed by atoms with Gasteiger partial charge in [-0.25, -0.2) is 20.5 Å². The molecule has 0 amide bonds. The Bertz CT molecular complexity index is 599. The molecule has 0 spiro atoms. The van der Waals surface area contributed by atoms with Crippen LogP contribution >= 0.6 is 0 Å². The fourth-order valence-corrected chi connectivity index (χ4v) is 2.13. The van der Waals surface area contributed by atoms with Crippen LogP contribution in [0.4, 0.5) is 5.82 Å². The van der Waals surface area contributed by atoms with E-state index in [4.69, 9.17) is 5.84 Å². The number of aryl methyl sites for hydroxylation is 1. The molecule has 0 unspecified atom stereocenters. The van der Waals surface area contributed by atoms with Crippen LogP contribution < -0.4 is 11.3 Å². The van der Waals surface area contributed by atoms with Gasteiger partial charge in [0.2, 0.25) is 0 Å². The number of nitrogens with one attached hydrogen (secondary N) is 1. The third kappa shape index (κ3) is 2.19. The standard InChI is InChI=1S/C13H20N6/c1-7(2)11-12(17-14)15-6-16-13(11)19-10(5)8(3)9(4)18-19/h6-7H,14H2,1-5H3,(H,15,16,17). The molecule has 2 aromatic heterocycles. The molecule has 2 heterocycles. The normalized spacial score (nSPS) is 11.1. The molecule has 0 atom stereocenters. The molecule has 102 valence electrons. The lowest BCUT2D eigenvalue weighted by molar-refractivity contribution is 0.753. The molecule has 19 heavy (non-hydrogen) atoms. The number of anilines is 1. The Morgan fingerprint density at radius 1 is 1.21 bits per heavy atom. The number of nitrogen functional groups attached to an aromatic ring is 1. The maximum atomic E-state index is 5.54. The summed E-state index contributed by atoms with van der Waals surface area (Å²) in [4.78, 5) is 8.56. The van der Waals surface area contributed by atoms with Gasteiger partial charge in [0, 0.05) is 11.3 Å². The summed E-state index contributed by atoms with van der Waals surface area (Å²) in [6, 6.07) is 0. The second kappa shape index (κ2) is 4.97. The molecule has 0 fully saturated rings. The zero-order chi connectivity index (χ0) is 14.2. The summed E-state index contributed by atoms with van der Waals surface area (Å²) in [6.07, 6.45) is 1.50. The van der Waals surface area contributed by atoms with Crippen LogP contribution in [0, 0.1) is 20.8 Å². The van der Waals surface area contributed by atoms with Gasteiger partial charge in [-0.1, -0.05) is 13.8 Å². The van der Waals surface area contributed by atoms with Crippen LogP contribution in [0.1, 0.15) is 42.3 Å². The summed E-state index contributed by atoms with van der Waals surface area (Å²) in [5.74, 6) is 7.21. The van der Waals surface area contributed by atoms with E-state index in [-0.39, 0.29) is 5.92 Å². The van der Waals surface area contributed by atoms with Gasteiger partial charge in [-0.15, -0.1) is 0 Å². The highest BCUT2D eigenvalue weighted by molar-refractivity contribution is 5.53. The highest BCUT2D eigenvalue weighted by Crippen LogP contribution is 2.28. The number of nitrogens with zero attached hydrogens (tertiary/aromatic N) is 4. The lowest BCUT2D eigenvalue weighted by Crippen LogP contribution is -2.16. The van der Waals surface area contributed by atoms with Crippen molar-refractivity contribution in [3.63, 3.8) is 0 Å². The molecule has 6 heteroatoms. The van der Waals surface area contributed by atoms with Gasteiger partial charge in [0.15, 0.2) is 5.82 Å². The Morgan fingerprint density at radius 2 is 1.89 bits per heavy atom. The summed E-state index contributed by atoms with van der Waals surface area (Å²) in [6.45, 7) is 10.3. The zero-order valence-corrected chi connectivity index (χ0v) is 12.0. The Morgan fingerprint density at radius 3 is 2.37 bits per heavy atom. The van der Waals surface area contributed by atoms with E-state index in [1.54, 1.807) is 0 Å². The number of aromatic nitrogens is 4. The number of nitrogens with two attached hydrogens (primary N) is 1. The Labute approximate surface area is 113 Å². The predicted octanol–water partition coefficient (Wildman–Crippen LogP) is 2.00. The van der Waals surface area contributed by atoms with Crippen LogP contribution in [-0.4, -0.2) is 19.7 Å². The second-order valence-electron chi connectivity index (χ2n) is 4.97. The van der Waals surface area contributed by atoms with E-state index in [2.05, 4.69) is 41.3 Å². The average Bonchev–Trinajstić information content (AvgIpc) is 2.65. The van der Waals surface area contributed by atoms with Crippen molar-refractivity contribution in [3.05, 3.63) is 28.8 Å². The van der Waals surface area contributed by atoms with Crippen LogP contribution in [0.15, 0.2) is 6.33 Å². The van der Waals surface area contributed by atoms with E-state index in [9.17, 15) is 0 Å². The van der Waals surface area contributed by atoms with Crippen molar-refractivity contribution in [2.75, 3.05) is 5.43 Å². The molecule has 0 bridgehead atoms. The highest BCUT2D eigenvalue weighted by atomic mass is 15.3. The van der Waals surface area contributed by atoms with Gasteiger partial charge in [0.05, 0.1) is 5.69 Å². The van der Waals surface area contributed by atoms with E-state index in [0.29, 0.717) is 5.82 Å². The molecule has 3 N–H and O–H groups in total. The number of rotatable bonds is 3. The molecule has 0 aliphatic rings. The SMILES string of the molecule is Cc1nn(-c2ncnc(NN)c2C(C)C)c(C)c1C. The average molecular weight is 260 g/mol. The maximum absolute atomic E-state index is 5.54. The lowest BCUT2D eigenvalue weighted by Gasteiger charge is -2.16. The van der Waals surface area contributed by atoms with Crippen molar-refractivity contribution < 1.29 is 0 Å². The topological polar surface area (TPSA) is 81.7 Å². The number of hydrogen-bond donors (Lipinski definition) is 2. The van der Waals surface area contributed by atoms with Gasteiger partial charge < -0.3 is 5.43 Å². The lowest BCUT2D eigenvalue weighted by atomic mass is 10.0. The van der Waals surface area contributed by atoms with Gasteiger partial charge in [0.1, 0.15) is 12.1 Å². The summed E-state index contributed by atoms with van der Waals surface area (Å²) in [5, 5.41) is 4.56. The first kappa shape index (κ1) is 13.5. The molecule has 0 saturated carbocycles. The van der Waals surface area contributed by atoms with Crippen molar-refractivity contribution >= 4 is 5.82 Å². The van der Waals surface area contributed by atoms with E-state index in [0.717, 1.165) is 22.8 Å². The van der Waals surface area contributed by atoms with E-state index in [1.807, 2.05) is 18.5 Å². The summed E-state index contributed by atoms with van der Waals surface area (Å²) in [7, 11) is 0. The first-order valence-electron chi connectivity index (χ1n) is 6.32. The third-order valence-electron chi connectivity index (χ3n) is 3.43. The van der Waals surface area contributed by atoms with Crippen molar-refractivity contribution in [2.24, 2.45) is 5.84 Å². The van der Waals surface area contributed by atoms with Crippen LogP contribution in [0.5, 0.6) is 0 Å². The van der Waals surface area contributed by atoms with Crippen molar-refractivity contribution in [1.29, 1.82) is 0 Å². The van der Waals surface area contributed by atoms with Crippen LogP contribution in [-0.2, 0) is 0 Å². The molecular formula is C13H20N6. The number of hydrogen-bond acceptors (Lipinski definition) is 5. The Balaban J connectivity index is 2.71. The largest absolute Gasteiger partial charge is 0.308 e. The molecule has 2 aromatic rings. The molecule has 0 radical (unpaired) electrons. The van der Waals surface area contributed by atoms with Crippen LogP contribution in [0.2, 0.25) is 0 Å². The minimum absolute atomic E-state index is 0.242. The van der Waals surface area contributed by atoms with Gasteiger partial charge in [-0.05, 0) is 32.3 Å². The minimum Gasteiger partial charge on any atom is -0.308 e. The van der Waals surface area contributed by atoms with Gasteiger partial charge >= 0.3 is 0 Å². The molecule has 0 aliphatic carbocycles. The smallest absolute Gasteiger partial charge is 0.162 e. The van der Waals surface area contributed by atoms with Crippen LogP contribution in [0.3, 0.4) is 0 Å². The van der Waals surface area contributed by atoms with Crippen molar-refractivity contribution in [2.45, 2.75) is 40.5 Å². The van der Waals surface area contributed by atoms with Crippen molar-refractivity contribution in [3.8, 4) is 5.82 Å². The van der Waals surface area contributed by atoms with E-state index in [1.165, 1.54) is 11.9 Å². The summed E-state index contributed by atoms with van der Waals surface area (Å²) in [5.41, 5.74) is 6.87. The maximum Gasteiger partial charge on any atom is 0.162 e. The molecule has 6 nitrogen and oxygen atoms in total. The fourth-order valence-electron chi connectivity index (χ4n) is 2.13. The molecule has 2 rings (SSSR count). The highest BCUT2D eigenvalue weighted by Gasteiger charge is 2.19. The monoisotopic (exact) mass is 260 g/mol. The predicted molar refractivity (Wildman–Crippen MR) is 75.3 cm³/mol. The number of hydrazine groups is 1. The third-order valence-corrected chi connectivity index (χ3v) is 3.43. The van der Waals surface area contributed by atoms with Crippen molar-refractivity contribution in [1.82, 2.24) is 19.7 Å². The first-order valence-corrected chi connectivity index (χ1v) is 6.32. The molecular weight excluding hydrogens is 240 g/mol. The minimum atomic E-state index is 0.242. The fraction of sp³-hybridized carbons (Fsp3) is 0.462. The molecule has 0 saturated heterocycles. The van der Waals surface area contributed by atoms with E-state index >= 15 is 0 Å². The Hall–Kier alpha value is -1.95. The Kier molecular flexibility index (Phi) is 3.53. The van der Waals surface area contributed by atoms with Gasteiger partial charge in [-0.2, -0.15) is 5.10 Å².